The highest BCUT2D eigenvalue weighted by atomic mass is 19.4. The fourth-order valence-corrected chi connectivity index (χ4v) is 2.38. The molecule has 0 saturated heterocycles. The normalized spacial score (nSPS) is 12.4. The van der Waals surface area contributed by atoms with Crippen molar-refractivity contribution in [3.8, 4) is 0 Å². The van der Waals surface area contributed by atoms with E-state index < -0.39 is 23.6 Å². The molecule has 0 unspecified atom stereocenters. The molecule has 0 aliphatic rings. The quantitative estimate of drug-likeness (QED) is 0.234. The number of esters is 1. The predicted octanol–water partition coefficient (Wildman–Crippen LogP) is 3.88. The zero-order valence-electron chi connectivity index (χ0n) is 15.9. The number of carbonyl (C=O) groups is 2. The van der Waals surface area contributed by atoms with Crippen LogP contribution < -0.4 is 5.43 Å². The third-order valence-corrected chi connectivity index (χ3v) is 3.83. The first kappa shape index (κ1) is 22.7. The van der Waals surface area contributed by atoms with Gasteiger partial charge in [0.1, 0.15) is 11.3 Å². The Morgan fingerprint density at radius 2 is 1.73 bits per heavy atom. The number of amides is 1. The van der Waals surface area contributed by atoms with Gasteiger partial charge in [-0.1, -0.05) is 42.5 Å². The van der Waals surface area contributed by atoms with E-state index in [1.165, 1.54) is 12.1 Å². The van der Waals surface area contributed by atoms with Gasteiger partial charge in [-0.2, -0.15) is 18.3 Å². The molecule has 2 aromatic carbocycles. The van der Waals surface area contributed by atoms with E-state index in [1.807, 2.05) is 0 Å². The molecule has 0 radical (unpaired) electrons. The highest BCUT2D eigenvalue weighted by Crippen LogP contribution is 2.29. The average Bonchev–Trinajstić information content (AvgIpc) is 2.71. The highest BCUT2D eigenvalue weighted by molar-refractivity contribution is 6.15. The molecular formula is C21H19F3N2O4. The van der Waals surface area contributed by atoms with Crippen LogP contribution in [0.5, 0.6) is 0 Å². The lowest BCUT2D eigenvalue weighted by Crippen LogP contribution is -2.21. The molecule has 0 fully saturated rings. The number of rotatable bonds is 7. The molecule has 0 saturated carbocycles. The van der Waals surface area contributed by atoms with Crippen LogP contribution in [0.15, 0.2) is 65.3 Å². The van der Waals surface area contributed by atoms with Gasteiger partial charge in [-0.15, -0.1) is 0 Å². The minimum absolute atomic E-state index is 0.0680. The maximum absolute atomic E-state index is 12.6. The first-order valence-electron chi connectivity index (χ1n) is 8.86. The van der Waals surface area contributed by atoms with Gasteiger partial charge in [0.05, 0.1) is 24.8 Å². The predicted molar refractivity (Wildman–Crippen MR) is 104 cm³/mol. The number of ether oxygens (including phenoxy) is 1. The number of carbonyl (C=O) groups excluding carboxylic acids is 2. The van der Waals surface area contributed by atoms with Crippen molar-refractivity contribution < 1.29 is 32.6 Å². The second-order valence-corrected chi connectivity index (χ2v) is 6.01. The van der Waals surface area contributed by atoms with Gasteiger partial charge < -0.3 is 9.84 Å². The van der Waals surface area contributed by atoms with Crippen LogP contribution in [0.4, 0.5) is 13.2 Å². The van der Waals surface area contributed by atoms with Gasteiger partial charge in [-0.05, 0) is 24.6 Å². The van der Waals surface area contributed by atoms with Gasteiger partial charge in [0, 0.05) is 5.56 Å². The average molecular weight is 420 g/mol. The van der Waals surface area contributed by atoms with Crippen LogP contribution in [-0.2, 0) is 26.9 Å². The lowest BCUT2D eigenvalue weighted by molar-refractivity contribution is -0.138. The minimum atomic E-state index is -4.46. The van der Waals surface area contributed by atoms with Crippen molar-refractivity contribution in [1.29, 1.82) is 0 Å². The summed E-state index contributed by atoms with van der Waals surface area (Å²) in [4.78, 5) is 24.1. The maximum atomic E-state index is 12.6. The first-order chi connectivity index (χ1) is 14.2. The van der Waals surface area contributed by atoms with Gasteiger partial charge in [0.25, 0.3) is 0 Å². The summed E-state index contributed by atoms with van der Waals surface area (Å²) in [6.45, 7) is 1.66. The zero-order valence-corrected chi connectivity index (χ0v) is 15.9. The minimum Gasteiger partial charge on any atom is -0.506 e. The van der Waals surface area contributed by atoms with Crippen LogP contribution in [0.25, 0.3) is 5.76 Å². The summed E-state index contributed by atoms with van der Waals surface area (Å²) >= 11 is 0. The Morgan fingerprint density at radius 1 is 1.10 bits per heavy atom. The second kappa shape index (κ2) is 10.2. The summed E-state index contributed by atoms with van der Waals surface area (Å²) < 4.78 is 42.6. The van der Waals surface area contributed by atoms with E-state index in [4.69, 9.17) is 4.74 Å². The summed E-state index contributed by atoms with van der Waals surface area (Å²) in [5, 5.41) is 14.0. The van der Waals surface area contributed by atoms with Crippen molar-refractivity contribution in [1.82, 2.24) is 5.43 Å². The van der Waals surface area contributed by atoms with Crippen LogP contribution in [-0.4, -0.2) is 29.8 Å². The molecule has 158 valence electrons. The molecule has 0 bridgehead atoms. The molecule has 2 aromatic rings. The van der Waals surface area contributed by atoms with Crippen molar-refractivity contribution in [2.45, 2.75) is 19.5 Å². The number of nitrogens with one attached hydrogen (secondary N) is 1. The number of aliphatic hydroxyl groups is 1. The van der Waals surface area contributed by atoms with Gasteiger partial charge >= 0.3 is 12.1 Å². The van der Waals surface area contributed by atoms with Gasteiger partial charge in [-0.3, -0.25) is 4.79 Å². The molecule has 2 N–H and O–H groups in total. The SMILES string of the molecule is CCOC(=O)C(C=NNC(=O)Cc1ccc(C(F)(F)F)cc1)=C(O)c1ccccc1. The van der Waals surface area contributed by atoms with Crippen molar-refractivity contribution in [3.05, 3.63) is 76.9 Å². The third kappa shape index (κ3) is 6.47. The van der Waals surface area contributed by atoms with Gasteiger partial charge in [0.15, 0.2) is 0 Å². The zero-order chi connectivity index (χ0) is 22.1. The van der Waals surface area contributed by atoms with E-state index in [1.54, 1.807) is 37.3 Å². The Balaban J connectivity index is 2.09. The largest absolute Gasteiger partial charge is 0.506 e. The summed E-state index contributed by atoms with van der Waals surface area (Å²) in [7, 11) is 0. The second-order valence-electron chi connectivity index (χ2n) is 6.01. The number of hydrogen-bond donors (Lipinski definition) is 2. The number of hydrazone groups is 1. The Morgan fingerprint density at radius 3 is 2.30 bits per heavy atom. The topological polar surface area (TPSA) is 88.0 Å². The molecule has 0 aliphatic heterocycles. The van der Waals surface area contributed by atoms with E-state index in [0.29, 0.717) is 11.1 Å². The monoisotopic (exact) mass is 420 g/mol. The Labute approximate surface area is 170 Å². The lowest BCUT2D eigenvalue weighted by Gasteiger charge is -2.08. The molecular weight excluding hydrogens is 401 g/mol. The van der Waals surface area contributed by atoms with Crippen molar-refractivity contribution in [3.63, 3.8) is 0 Å². The number of hydrogen-bond acceptors (Lipinski definition) is 5. The molecule has 0 spiro atoms. The van der Waals surface area contributed by atoms with E-state index >= 15 is 0 Å². The summed E-state index contributed by atoms with van der Waals surface area (Å²) in [5.41, 5.74) is 1.79. The van der Waals surface area contributed by atoms with Gasteiger partial charge in [-0.25, -0.2) is 10.2 Å². The van der Waals surface area contributed by atoms with E-state index in [9.17, 15) is 27.9 Å². The van der Waals surface area contributed by atoms with Crippen LogP contribution in [0.1, 0.15) is 23.6 Å². The fraction of sp³-hybridized carbons (Fsp3) is 0.190. The molecule has 9 heteroatoms. The Hall–Kier alpha value is -3.62. The first-order valence-corrected chi connectivity index (χ1v) is 8.86. The maximum Gasteiger partial charge on any atom is 0.416 e. The third-order valence-electron chi connectivity index (χ3n) is 3.83. The van der Waals surface area contributed by atoms with E-state index in [2.05, 4.69) is 10.5 Å². The van der Waals surface area contributed by atoms with Crippen LogP contribution >= 0.6 is 0 Å². The lowest BCUT2D eigenvalue weighted by atomic mass is 10.1. The van der Waals surface area contributed by atoms with Crippen molar-refractivity contribution in [2.75, 3.05) is 6.61 Å². The van der Waals surface area contributed by atoms with Gasteiger partial charge in [0.2, 0.25) is 5.91 Å². The number of nitrogens with zero attached hydrogens (tertiary/aromatic N) is 1. The van der Waals surface area contributed by atoms with E-state index in [-0.39, 0.29) is 24.4 Å². The van der Waals surface area contributed by atoms with E-state index in [0.717, 1.165) is 18.3 Å². The number of alkyl halides is 3. The molecule has 30 heavy (non-hydrogen) atoms. The highest BCUT2D eigenvalue weighted by Gasteiger charge is 2.29. The Bertz CT molecular complexity index is 937. The fourth-order valence-electron chi connectivity index (χ4n) is 2.38. The molecule has 0 atom stereocenters. The molecule has 0 heterocycles. The standard InChI is InChI=1S/C21H19F3N2O4/c1-2-30-20(29)17(19(28)15-6-4-3-5-7-15)13-25-26-18(27)12-14-8-10-16(11-9-14)21(22,23)24/h3-11,13,28H,2,12H2,1H3,(H,26,27). The number of halogens is 3. The molecule has 1 amide bonds. The van der Waals surface area contributed by atoms with Crippen molar-refractivity contribution in [2.24, 2.45) is 5.10 Å². The van der Waals surface area contributed by atoms with Crippen LogP contribution in [0.3, 0.4) is 0 Å². The number of aliphatic hydroxyl groups excluding tert-OH is 1. The van der Waals surface area contributed by atoms with Crippen LogP contribution in [0.2, 0.25) is 0 Å². The molecule has 2 rings (SSSR count). The molecule has 0 aliphatic carbocycles. The summed E-state index contributed by atoms with van der Waals surface area (Å²) in [6, 6.07) is 12.4. The smallest absolute Gasteiger partial charge is 0.416 e. The summed E-state index contributed by atoms with van der Waals surface area (Å²) in [6.07, 6.45) is -3.73. The molecule has 6 nitrogen and oxygen atoms in total. The Kier molecular flexibility index (Phi) is 7.74. The molecule has 0 aromatic heterocycles. The van der Waals surface area contributed by atoms with Crippen LogP contribution in [0, 0.1) is 0 Å². The number of benzene rings is 2. The van der Waals surface area contributed by atoms with Crippen molar-refractivity contribution >= 4 is 23.9 Å². The summed E-state index contributed by atoms with van der Waals surface area (Å²) in [5.74, 6) is -1.83.